The van der Waals surface area contributed by atoms with Gasteiger partial charge in [0.05, 0.1) is 25.5 Å². The first-order valence-electron chi connectivity index (χ1n) is 10.0. The van der Waals surface area contributed by atoms with Crippen molar-refractivity contribution in [2.24, 2.45) is 5.10 Å². The normalized spacial score (nSPS) is 10.6. The van der Waals surface area contributed by atoms with E-state index in [-0.39, 0.29) is 11.7 Å². The van der Waals surface area contributed by atoms with Gasteiger partial charge in [-0.2, -0.15) is 5.10 Å². The SMILES string of the molecule is CCOc1ccc(C(=O)Oc2ccc(/C=N/NC(=O)c3cccc(C)c3)cc2OC)cc1. The van der Waals surface area contributed by atoms with Gasteiger partial charge in [0.1, 0.15) is 5.75 Å². The minimum Gasteiger partial charge on any atom is -0.494 e. The molecule has 0 spiro atoms. The fourth-order valence-electron chi connectivity index (χ4n) is 2.88. The monoisotopic (exact) mass is 432 g/mol. The van der Waals surface area contributed by atoms with Gasteiger partial charge < -0.3 is 14.2 Å². The van der Waals surface area contributed by atoms with E-state index in [2.05, 4.69) is 10.5 Å². The molecule has 0 aliphatic carbocycles. The fourth-order valence-corrected chi connectivity index (χ4v) is 2.88. The standard InChI is InChI=1S/C25H24N2O5/c1-4-31-21-11-9-19(10-12-21)25(29)32-22-13-8-18(15-23(22)30-3)16-26-27-24(28)20-7-5-6-17(2)14-20/h5-16H,4H2,1-3H3,(H,27,28)/b26-16+. The first-order valence-corrected chi connectivity index (χ1v) is 10.0. The lowest BCUT2D eigenvalue weighted by Crippen LogP contribution is -2.17. The van der Waals surface area contributed by atoms with Crippen LogP contribution >= 0.6 is 0 Å². The van der Waals surface area contributed by atoms with E-state index < -0.39 is 5.97 Å². The maximum absolute atomic E-state index is 12.4. The van der Waals surface area contributed by atoms with Gasteiger partial charge in [-0.15, -0.1) is 0 Å². The van der Waals surface area contributed by atoms with Crippen molar-refractivity contribution < 1.29 is 23.8 Å². The van der Waals surface area contributed by atoms with Crippen LogP contribution in [-0.2, 0) is 0 Å². The van der Waals surface area contributed by atoms with E-state index >= 15 is 0 Å². The summed E-state index contributed by atoms with van der Waals surface area (Å²) in [6, 6.07) is 18.9. The van der Waals surface area contributed by atoms with Crippen molar-refractivity contribution in [3.05, 3.63) is 89.0 Å². The number of hydrogen-bond acceptors (Lipinski definition) is 6. The number of carbonyl (C=O) groups is 2. The second kappa shape index (κ2) is 10.8. The Morgan fingerprint density at radius 2 is 1.75 bits per heavy atom. The molecule has 0 saturated carbocycles. The van der Waals surface area contributed by atoms with E-state index in [0.717, 1.165) is 5.56 Å². The average molecular weight is 432 g/mol. The van der Waals surface area contributed by atoms with Crippen molar-refractivity contribution in [1.82, 2.24) is 5.43 Å². The quantitative estimate of drug-likeness (QED) is 0.247. The molecule has 1 N–H and O–H groups in total. The summed E-state index contributed by atoms with van der Waals surface area (Å²) in [6.07, 6.45) is 1.48. The number of hydrogen-bond donors (Lipinski definition) is 1. The lowest BCUT2D eigenvalue weighted by molar-refractivity contribution is 0.0729. The molecule has 32 heavy (non-hydrogen) atoms. The molecule has 0 saturated heterocycles. The van der Waals surface area contributed by atoms with Crippen molar-refractivity contribution in [2.75, 3.05) is 13.7 Å². The summed E-state index contributed by atoms with van der Waals surface area (Å²) in [5.41, 5.74) is 5.05. The summed E-state index contributed by atoms with van der Waals surface area (Å²) in [4.78, 5) is 24.6. The second-order valence-corrected chi connectivity index (χ2v) is 6.83. The molecular weight excluding hydrogens is 408 g/mol. The number of benzene rings is 3. The van der Waals surface area contributed by atoms with Gasteiger partial charge in [0.15, 0.2) is 11.5 Å². The highest BCUT2D eigenvalue weighted by atomic mass is 16.6. The van der Waals surface area contributed by atoms with Crippen LogP contribution in [0.3, 0.4) is 0 Å². The molecule has 0 heterocycles. The van der Waals surface area contributed by atoms with E-state index in [9.17, 15) is 9.59 Å². The minimum atomic E-state index is -0.516. The third-order valence-electron chi connectivity index (χ3n) is 4.45. The number of methoxy groups -OCH3 is 1. The Morgan fingerprint density at radius 1 is 0.969 bits per heavy atom. The molecule has 3 aromatic carbocycles. The maximum atomic E-state index is 12.4. The van der Waals surface area contributed by atoms with E-state index in [0.29, 0.717) is 34.8 Å². The summed E-state index contributed by atoms with van der Waals surface area (Å²) in [7, 11) is 1.48. The number of rotatable bonds is 8. The molecule has 0 unspecified atom stereocenters. The largest absolute Gasteiger partial charge is 0.494 e. The molecule has 0 aliphatic rings. The molecule has 0 atom stereocenters. The predicted octanol–water partition coefficient (Wildman–Crippen LogP) is 4.39. The highest BCUT2D eigenvalue weighted by Gasteiger charge is 2.13. The Morgan fingerprint density at radius 3 is 2.44 bits per heavy atom. The van der Waals surface area contributed by atoms with Crippen LogP contribution in [0, 0.1) is 6.92 Å². The molecule has 164 valence electrons. The molecule has 0 fully saturated rings. The highest BCUT2D eigenvalue weighted by Crippen LogP contribution is 2.28. The van der Waals surface area contributed by atoms with Gasteiger partial charge in [-0.3, -0.25) is 4.79 Å². The average Bonchev–Trinajstić information content (AvgIpc) is 2.80. The summed E-state index contributed by atoms with van der Waals surface area (Å²) in [5, 5.41) is 3.98. The van der Waals surface area contributed by atoms with Crippen LogP contribution < -0.4 is 19.6 Å². The highest BCUT2D eigenvalue weighted by molar-refractivity contribution is 5.95. The fraction of sp³-hybridized carbons (Fsp3) is 0.160. The number of ether oxygens (including phenoxy) is 3. The third kappa shape index (κ3) is 5.95. The van der Waals surface area contributed by atoms with E-state index in [4.69, 9.17) is 14.2 Å². The lowest BCUT2D eigenvalue weighted by atomic mass is 10.1. The molecule has 7 heteroatoms. The number of amides is 1. The third-order valence-corrected chi connectivity index (χ3v) is 4.45. The predicted molar refractivity (Wildman–Crippen MR) is 122 cm³/mol. The Kier molecular flexibility index (Phi) is 7.59. The molecule has 0 radical (unpaired) electrons. The Hall–Kier alpha value is -4.13. The molecule has 7 nitrogen and oxygen atoms in total. The van der Waals surface area contributed by atoms with Gasteiger partial charge in [0.2, 0.25) is 0 Å². The number of carbonyl (C=O) groups excluding carboxylic acids is 2. The first kappa shape index (κ1) is 22.6. The van der Waals surface area contributed by atoms with Crippen molar-refractivity contribution in [2.45, 2.75) is 13.8 Å². The lowest BCUT2D eigenvalue weighted by Gasteiger charge is -2.10. The number of aryl methyl sites for hydroxylation is 1. The van der Waals surface area contributed by atoms with Gasteiger partial charge in [-0.05, 0) is 74.0 Å². The summed E-state index contributed by atoms with van der Waals surface area (Å²) in [5.74, 6) is 0.487. The Balaban J connectivity index is 1.65. The molecule has 0 aromatic heterocycles. The van der Waals surface area contributed by atoms with Gasteiger partial charge in [-0.1, -0.05) is 17.7 Å². The molecule has 0 aliphatic heterocycles. The molecule has 1 amide bonds. The maximum Gasteiger partial charge on any atom is 0.343 e. The van der Waals surface area contributed by atoms with E-state index in [1.807, 2.05) is 26.0 Å². The first-order chi connectivity index (χ1) is 15.5. The Labute approximate surface area is 186 Å². The van der Waals surface area contributed by atoms with Crippen LogP contribution in [-0.4, -0.2) is 31.8 Å². The van der Waals surface area contributed by atoms with Crippen LogP contribution in [0.1, 0.15) is 38.8 Å². The number of nitrogens with one attached hydrogen (secondary N) is 1. The van der Waals surface area contributed by atoms with Crippen molar-refractivity contribution in [3.8, 4) is 17.2 Å². The number of nitrogens with zero attached hydrogens (tertiary/aromatic N) is 1. The minimum absolute atomic E-state index is 0.271. The van der Waals surface area contributed by atoms with Crippen molar-refractivity contribution in [1.29, 1.82) is 0 Å². The molecule has 0 bridgehead atoms. The molecular formula is C25H24N2O5. The molecule has 3 rings (SSSR count). The van der Waals surface area contributed by atoms with Gasteiger partial charge in [-0.25, -0.2) is 10.2 Å². The van der Waals surface area contributed by atoms with Gasteiger partial charge in [0.25, 0.3) is 5.91 Å². The number of esters is 1. The van der Waals surface area contributed by atoms with Crippen molar-refractivity contribution in [3.63, 3.8) is 0 Å². The zero-order valence-electron chi connectivity index (χ0n) is 18.1. The van der Waals surface area contributed by atoms with E-state index in [1.165, 1.54) is 13.3 Å². The summed E-state index contributed by atoms with van der Waals surface area (Å²) < 4.78 is 16.2. The number of hydrazone groups is 1. The van der Waals surface area contributed by atoms with E-state index in [1.54, 1.807) is 54.6 Å². The zero-order chi connectivity index (χ0) is 22.9. The second-order valence-electron chi connectivity index (χ2n) is 6.83. The smallest absolute Gasteiger partial charge is 0.343 e. The van der Waals surface area contributed by atoms with Crippen LogP contribution in [0.4, 0.5) is 0 Å². The molecule has 3 aromatic rings. The summed E-state index contributed by atoms with van der Waals surface area (Å²) >= 11 is 0. The van der Waals surface area contributed by atoms with Crippen LogP contribution in [0.25, 0.3) is 0 Å². The topological polar surface area (TPSA) is 86.2 Å². The van der Waals surface area contributed by atoms with Crippen molar-refractivity contribution >= 4 is 18.1 Å². The van der Waals surface area contributed by atoms with Gasteiger partial charge >= 0.3 is 5.97 Å². The summed E-state index contributed by atoms with van der Waals surface area (Å²) in [6.45, 7) is 4.35. The zero-order valence-corrected chi connectivity index (χ0v) is 18.1. The van der Waals surface area contributed by atoms with Gasteiger partial charge in [0, 0.05) is 5.56 Å². The van der Waals surface area contributed by atoms with Crippen LogP contribution in [0.15, 0.2) is 71.8 Å². The van der Waals surface area contributed by atoms with Crippen LogP contribution in [0.2, 0.25) is 0 Å². The van der Waals surface area contributed by atoms with Crippen LogP contribution in [0.5, 0.6) is 17.2 Å². The Bertz CT molecular complexity index is 1120.